The monoisotopic (exact) mass is 399 g/mol. The molecule has 1 aliphatic rings. The first-order chi connectivity index (χ1) is 13.5. The molecule has 28 heavy (non-hydrogen) atoms. The summed E-state index contributed by atoms with van der Waals surface area (Å²) in [5, 5.41) is 3.89. The normalized spacial score (nSPS) is 20.4. The zero-order valence-corrected chi connectivity index (χ0v) is 16.5. The first-order valence-corrected chi connectivity index (χ1v) is 10.4. The summed E-state index contributed by atoms with van der Waals surface area (Å²) < 4.78 is 38.9. The Balaban J connectivity index is 1.73. The summed E-state index contributed by atoms with van der Waals surface area (Å²) >= 11 is 0. The summed E-state index contributed by atoms with van der Waals surface area (Å²) in [5.41, 5.74) is 1.04. The van der Waals surface area contributed by atoms with Crippen molar-refractivity contribution in [3.8, 4) is 5.75 Å². The molecule has 0 unspecified atom stereocenters. The van der Waals surface area contributed by atoms with Crippen LogP contribution >= 0.6 is 0 Å². The number of methoxy groups -OCH3 is 1. The van der Waals surface area contributed by atoms with Crippen molar-refractivity contribution in [3.05, 3.63) is 71.9 Å². The fourth-order valence-corrected chi connectivity index (χ4v) is 5.33. The number of hydrogen-bond acceptors (Lipinski definition) is 6. The van der Waals surface area contributed by atoms with Crippen molar-refractivity contribution in [2.75, 3.05) is 20.2 Å². The van der Waals surface area contributed by atoms with Crippen LogP contribution in [0.5, 0.6) is 5.75 Å². The topological polar surface area (TPSA) is 85.5 Å². The second-order valence-corrected chi connectivity index (χ2v) is 8.68. The van der Waals surface area contributed by atoms with Crippen LogP contribution in [0.25, 0.3) is 0 Å². The highest BCUT2D eigenvalue weighted by atomic mass is 32.2. The zero-order valence-electron chi connectivity index (χ0n) is 15.6. The molecule has 2 atom stereocenters. The Morgan fingerprint density at radius 1 is 1.04 bits per heavy atom. The van der Waals surface area contributed by atoms with Gasteiger partial charge in [0.25, 0.3) is 0 Å². The van der Waals surface area contributed by atoms with Gasteiger partial charge in [-0.15, -0.1) is 0 Å². The zero-order chi connectivity index (χ0) is 19.7. The standard InChI is InChI=1S/C20H21N3O4S/c1-14-21-20(27-22-14)17-13-23(12-16(17)15-8-4-3-5-9-15)28(24,25)19-11-7-6-10-18(19)26-2/h3-11,16-17H,12-13H2,1-2H3/t16-,17+/m0/s1. The molecule has 0 N–H and O–H groups in total. The molecule has 0 bridgehead atoms. The summed E-state index contributed by atoms with van der Waals surface area (Å²) in [4.78, 5) is 4.53. The van der Waals surface area contributed by atoms with E-state index in [0.29, 0.717) is 24.0 Å². The third-order valence-corrected chi connectivity index (χ3v) is 6.93. The predicted molar refractivity (Wildman–Crippen MR) is 103 cm³/mol. The largest absolute Gasteiger partial charge is 0.495 e. The lowest BCUT2D eigenvalue weighted by molar-refractivity contribution is 0.345. The van der Waals surface area contributed by atoms with Gasteiger partial charge in [-0.05, 0) is 24.6 Å². The molecule has 8 heteroatoms. The van der Waals surface area contributed by atoms with Crippen LogP contribution in [0, 0.1) is 6.92 Å². The van der Waals surface area contributed by atoms with Crippen molar-refractivity contribution in [2.24, 2.45) is 0 Å². The van der Waals surface area contributed by atoms with E-state index in [9.17, 15) is 8.42 Å². The van der Waals surface area contributed by atoms with E-state index >= 15 is 0 Å². The minimum atomic E-state index is -3.74. The highest BCUT2D eigenvalue weighted by molar-refractivity contribution is 7.89. The quantitative estimate of drug-likeness (QED) is 0.656. The molecular formula is C20H21N3O4S. The van der Waals surface area contributed by atoms with Gasteiger partial charge in [-0.2, -0.15) is 9.29 Å². The van der Waals surface area contributed by atoms with Gasteiger partial charge in [-0.1, -0.05) is 47.6 Å². The van der Waals surface area contributed by atoms with Crippen molar-refractivity contribution in [3.63, 3.8) is 0 Å². The van der Waals surface area contributed by atoms with Gasteiger partial charge in [0.05, 0.1) is 13.0 Å². The van der Waals surface area contributed by atoms with E-state index in [0.717, 1.165) is 5.56 Å². The molecule has 3 aromatic rings. The first kappa shape index (κ1) is 18.6. The highest BCUT2D eigenvalue weighted by Gasteiger charge is 2.43. The number of para-hydroxylation sites is 1. The molecule has 2 aromatic carbocycles. The summed E-state index contributed by atoms with van der Waals surface area (Å²) in [6, 6.07) is 16.5. The number of aromatic nitrogens is 2. The number of sulfonamides is 1. The summed E-state index contributed by atoms with van der Waals surface area (Å²) in [5.74, 6) is 1.03. The Hall–Kier alpha value is -2.71. The van der Waals surface area contributed by atoms with E-state index in [4.69, 9.17) is 9.26 Å². The summed E-state index contributed by atoms with van der Waals surface area (Å²) in [6.45, 7) is 2.35. The molecular weight excluding hydrogens is 378 g/mol. The van der Waals surface area contributed by atoms with E-state index in [2.05, 4.69) is 10.1 Å². The number of aryl methyl sites for hydroxylation is 1. The maximum atomic E-state index is 13.4. The minimum Gasteiger partial charge on any atom is -0.495 e. The molecule has 2 heterocycles. The van der Waals surface area contributed by atoms with Crippen LogP contribution in [-0.2, 0) is 10.0 Å². The van der Waals surface area contributed by atoms with Crippen molar-refractivity contribution in [1.29, 1.82) is 0 Å². The van der Waals surface area contributed by atoms with Gasteiger partial charge in [0.1, 0.15) is 10.6 Å². The molecule has 1 fully saturated rings. The Labute approximate surface area is 164 Å². The van der Waals surface area contributed by atoms with Crippen LogP contribution in [0.2, 0.25) is 0 Å². The smallest absolute Gasteiger partial charge is 0.246 e. The molecule has 7 nitrogen and oxygen atoms in total. The molecule has 0 spiro atoms. The highest BCUT2D eigenvalue weighted by Crippen LogP contribution is 2.42. The third kappa shape index (κ3) is 3.29. The number of nitrogens with zero attached hydrogens (tertiary/aromatic N) is 3. The lowest BCUT2D eigenvalue weighted by Gasteiger charge is -2.18. The van der Waals surface area contributed by atoms with Crippen molar-refractivity contribution < 1.29 is 17.7 Å². The number of ether oxygens (including phenoxy) is 1. The molecule has 4 rings (SSSR count). The lowest BCUT2D eigenvalue weighted by Crippen LogP contribution is -2.29. The molecule has 0 aliphatic carbocycles. The minimum absolute atomic E-state index is 0.0782. The Morgan fingerprint density at radius 2 is 1.71 bits per heavy atom. The van der Waals surface area contributed by atoms with Gasteiger partial charge in [0.15, 0.2) is 5.82 Å². The molecule has 0 radical (unpaired) electrons. The predicted octanol–water partition coefficient (Wildman–Crippen LogP) is 2.96. The lowest BCUT2D eigenvalue weighted by atomic mass is 9.89. The number of rotatable bonds is 5. The van der Waals surface area contributed by atoms with Gasteiger partial charge in [0.2, 0.25) is 15.9 Å². The molecule has 0 amide bonds. The van der Waals surface area contributed by atoms with Crippen LogP contribution in [0.4, 0.5) is 0 Å². The molecule has 0 saturated carbocycles. The Bertz CT molecular complexity index is 1070. The van der Waals surface area contributed by atoms with E-state index in [1.54, 1.807) is 31.2 Å². The third-order valence-electron chi connectivity index (χ3n) is 5.06. The van der Waals surface area contributed by atoms with Crippen molar-refractivity contribution in [1.82, 2.24) is 14.4 Å². The van der Waals surface area contributed by atoms with Gasteiger partial charge in [-0.25, -0.2) is 8.42 Å². The summed E-state index contributed by atoms with van der Waals surface area (Å²) in [7, 11) is -2.27. The maximum Gasteiger partial charge on any atom is 0.246 e. The SMILES string of the molecule is COc1ccccc1S(=O)(=O)N1C[C@@H](c2ccccc2)[C@H](c2nc(C)no2)C1. The average molecular weight is 399 g/mol. The van der Waals surface area contributed by atoms with Crippen LogP contribution in [0.15, 0.2) is 64.0 Å². The van der Waals surface area contributed by atoms with Gasteiger partial charge >= 0.3 is 0 Å². The van der Waals surface area contributed by atoms with Gasteiger partial charge < -0.3 is 9.26 Å². The van der Waals surface area contributed by atoms with Gasteiger partial charge in [0, 0.05) is 19.0 Å². The van der Waals surface area contributed by atoms with Crippen molar-refractivity contribution in [2.45, 2.75) is 23.7 Å². The van der Waals surface area contributed by atoms with E-state index in [-0.39, 0.29) is 23.3 Å². The molecule has 1 aliphatic heterocycles. The van der Waals surface area contributed by atoms with E-state index < -0.39 is 10.0 Å². The van der Waals surface area contributed by atoms with Crippen LogP contribution in [-0.4, -0.2) is 43.1 Å². The Kier molecular flexibility index (Phi) is 4.91. The average Bonchev–Trinajstić information content (AvgIpc) is 3.35. The van der Waals surface area contributed by atoms with E-state index in [1.807, 2.05) is 30.3 Å². The fraction of sp³-hybridized carbons (Fsp3) is 0.300. The second kappa shape index (κ2) is 7.37. The Morgan fingerprint density at radius 3 is 2.39 bits per heavy atom. The summed E-state index contributed by atoms with van der Waals surface area (Å²) in [6.07, 6.45) is 0. The molecule has 1 aromatic heterocycles. The first-order valence-electron chi connectivity index (χ1n) is 8.99. The number of hydrogen-bond donors (Lipinski definition) is 0. The molecule has 146 valence electrons. The van der Waals surface area contributed by atoms with Crippen LogP contribution in [0.3, 0.4) is 0 Å². The van der Waals surface area contributed by atoms with Gasteiger partial charge in [-0.3, -0.25) is 0 Å². The second-order valence-electron chi connectivity index (χ2n) is 6.78. The number of benzene rings is 2. The van der Waals surface area contributed by atoms with Crippen LogP contribution < -0.4 is 4.74 Å². The van der Waals surface area contributed by atoms with E-state index in [1.165, 1.54) is 11.4 Å². The fourth-order valence-electron chi connectivity index (χ4n) is 3.69. The maximum absolute atomic E-state index is 13.4. The molecule has 1 saturated heterocycles. The van der Waals surface area contributed by atoms with Crippen molar-refractivity contribution >= 4 is 10.0 Å². The van der Waals surface area contributed by atoms with Crippen LogP contribution in [0.1, 0.15) is 29.1 Å².